The van der Waals surface area contributed by atoms with Crippen molar-refractivity contribution < 1.29 is 33.8 Å². The number of nitrogens with zero attached hydrogens (tertiary/aromatic N) is 2. The molecule has 0 spiro atoms. The van der Waals surface area contributed by atoms with Gasteiger partial charge in [0.05, 0.1) is 41.7 Å². The number of anilines is 2. The summed E-state index contributed by atoms with van der Waals surface area (Å²) in [6.07, 6.45) is 2.41. The van der Waals surface area contributed by atoms with Crippen molar-refractivity contribution in [3.05, 3.63) is 131 Å². The molecular formula is C41H34N2O7. The van der Waals surface area contributed by atoms with Crippen LogP contribution < -0.4 is 14.5 Å². The summed E-state index contributed by atoms with van der Waals surface area (Å²) in [4.78, 5) is 72.7. The molecule has 9 nitrogen and oxygen atoms in total. The largest absolute Gasteiger partial charge is 0.508 e. The second-order valence-electron chi connectivity index (χ2n) is 13.7. The maximum atomic E-state index is 14.5. The van der Waals surface area contributed by atoms with Gasteiger partial charge in [-0.15, -0.1) is 0 Å². The summed E-state index contributed by atoms with van der Waals surface area (Å²) in [5, 5.41) is 11.4. The van der Waals surface area contributed by atoms with Crippen molar-refractivity contribution >= 4 is 40.8 Å². The molecule has 250 valence electrons. The van der Waals surface area contributed by atoms with E-state index in [1.165, 1.54) is 23.0 Å². The van der Waals surface area contributed by atoms with Crippen molar-refractivity contribution in [2.75, 3.05) is 16.9 Å². The van der Waals surface area contributed by atoms with Crippen LogP contribution in [0.4, 0.5) is 11.4 Å². The van der Waals surface area contributed by atoms with Crippen LogP contribution in [0.5, 0.6) is 11.5 Å². The molecule has 6 unspecified atom stereocenters. The van der Waals surface area contributed by atoms with Crippen LogP contribution in [-0.4, -0.2) is 41.6 Å². The van der Waals surface area contributed by atoms with Gasteiger partial charge < -0.3 is 9.84 Å². The number of fused-ring (bicyclic) bond motifs is 4. The molecule has 2 heterocycles. The minimum absolute atomic E-state index is 0.0861. The van der Waals surface area contributed by atoms with E-state index in [9.17, 15) is 29.1 Å². The van der Waals surface area contributed by atoms with Crippen molar-refractivity contribution in [2.24, 2.45) is 29.1 Å². The van der Waals surface area contributed by atoms with E-state index < -0.39 is 35.0 Å². The minimum Gasteiger partial charge on any atom is -0.508 e. The molecule has 6 atom stereocenters. The smallest absolute Gasteiger partial charge is 0.241 e. The molecule has 2 aliphatic carbocycles. The Kier molecular flexibility index (Phi) is 7.33. The van der Waals surface area contributed by atoms with Crippen LogP contribution in [0.15, 0.2) is 115 Å². The van der Waals surface area contributed by atoms with Crippen molar-refractivity contribution in [1.82, 2.24) is 0 Å². The molecule has 2 saturated heterocycles. The highest BCUT2D eigenvalue weighted by atomic mass is 16.5. The van der Waals surface area contributed by atoms with Gasteiger partial charge in [0.2, 0.25) is 23.6 Å². The van der Waals surface area contributed by atoms with Crippen LogP contribution in [0, 0.1) is 29.1 Å². The lowest BCUT2D eigenvalue weighted by atomic mass is 9.51. The Hall–Kier alpha value is -5.83. The highest BCUT2D eigenvalue weighted by Gasteiger charge is 2.68. The number of methoxy groups -OCH3 is 1. The number of hydrogen-bond donors (Lipinski definition) is 1. The molecular weight excluding hydrogens is 632 g/mol. The zero-order valence-electron chi connectivity index (χ0n) is 27.5. The number of rotatable bonds is 6. The van der Waals surface area contributed by atoms with Gasteiger partial charge in [-0.1, -0.05) is 66.2 Å². The number of ketones is 1. The molecule has 9 heteroatoms. The third kappa shape index (κ3) is 4.49. The van der Waals surface area contributed by atoms with Gasteiger partial charge in [0.1, 0.15) is 11.5 Å². The van der Waals surface area contributed by atoms with Crippen LogP contribution in [-0.2, 0) is 19.2 Å². The Morgan fingerprint density at radius 1 is 0.760 bits per heavy atom. The lowest BCUT2D eigenvalue weighted by Crippen LogP contribution is -2.48. The number of hydrogen-bond acceptors (Lipinski definition) is 7. The highest BCUT2D eigenvalue weighted by Crippen LogP contribution is 2.64. The quantitative estimate of drug-likeness (QED) is 0.151. The van der Waals surface area contributed by atoms with Gasteiger partial charge in [0.25, 0.3) is 0 Å². The fourth-order valence-corrected chi connectivity index (χ4v) is 8.85. The van der Waals surface area contributed by atoms with Gasteiger partial charge >= 0.3 is 0 Å². The summed E-state index contributed by atoms with van der Waals surface area (Å²) in [5.74, 6) is -4.81. The van der Waals surface area contributed by atoms with Gasteiger partial charge in [0, 0.05) is 28.7 Å². The number of aromatic hydroxyl groups is 1. The number of para-hydroxylation sites is 1. The van der Waals surface area contributed by atoms with Crippen LogP contribution in [0.1, 0.15) is 47.2 Å². The summed E-state index contributed by atoms with van der Waals surface area (Å²) in [6, 6.07) is 29.0. The predicted octanol–water partition coefficient (Wildman–Crippen LogP) is 6.07. The molecule has 4 aromatic rings. The Morgan fingerprint density at radius 3 is 2.06 bits per heavy atom. The van der Waals surface area contributed by atoms with E-state index >= 15 is 0 Å². The third-order valence-corrected chi connectivity index (χ3v) is 11.3. The minimum atomic E-state index is -1.28. The summed E-state index contributed by atoms with van der Waals surface area (Å²) in [5.41, 5.74) is 1.74. The third-order valence-electron chi connectivity index (χ3n) is 11.3. The Bertz CT molecular complexity index is 2110. The van der Waals surface area contributed by atoms with Crippen LogP contribution >= 0.6 is 0 Å². The Balaban J connectivity index is 1.19. The number of imide groups is 2. The Labute approximate surface area is 288 Å². The maximum Gasteiger partial charge on any atom is 0.241 e. The second-order valence-corrected chi connectivity index (χ2v) is 13.7. The summed E-state index contributed by atoms with van der Waals surface area (Å²) in [7, 11) is 1.49. The topological polar surface area (TPSA) is 121 Å². The van der Waals surface area contributed by atoms with E-state index in [4.69, 9.17) is 4.74 Å². The first kappa shape index (κ1) is 31.4. The van der Waals surface area contributed by atoms with Gasteiger partial charge in [-0.3, -0.25) is 28.9 Å². The molecule has 4 aliphatic rings. The maximum absolute atomic E-state index is 14.5. The number of phenols is 1. The molecule has 4 amide bonds. The van der Waals surface area contributed by atoms with E-state index in [1.807, 2.05) is 18.2 Å². The lowest BCUT2D eigenvalue weighted by Gasteiger charge is -2.49. The monoisotopic (exact) mass is 666 g/mol. The van der Waals surface area contributed by atoms with Gasteiger partial charge in [-0.05, 0) is 68.1 Å². The van der Waals surface area contributed by atoms with Crippen molar-refractivity contribution in [2.45, 2.75) is 25.7 Å². The summed E-state index contributed by atoms with van der Waals surface area (Å²) >= 11 is 0. The number of carbonyl (C=O) groups is 5. The Morgan fingerprint density at radius 2 is 1.40 bits per heavy atom. The number of ether oxygens (including phenoxy) is 1. The molecule has 4 aromatic carbocycles. The average molecular weight is 667 g/mol. The van der Waals surface area contributed by atoms with E-state index in [-0.39, 0.29) is 48.0 Å². The fraction of sp³-hybridized carbons (Fsp3) is 0.244. The summed E-state index contributed by atoms with van der Waals surface area (Å²) < 4.78 is 5.34. The second kappa shape index (κ2) is 11.7. The van der Waals surface area contributed by atoms with Crippen molar-refractivity contribution in [3.63, 3.8) is 0 Å². The standard InChI is InChI=1S/C41H34N2O7/c1-41-32(38(47)43(40(41)49)25-11-7-4-8-12-25)22-31-28(35(41)29-18-17-27(50-2)21-33(29)44)19-20-30-34(31)39(48)42(37(30)46)26-15-13-24(14-16-26)36(45)23-9-5-3-6-10-23/h3-19,21,30-32,34-35,44H,20,22H2,1-2H3. The van der Waals surface area contributed by atoms with E-state index in [0.717, 1.165) is 5.57 Å². The van der Waals surface area contributed by atoms with E-state index in [0.29, 0.717) is 33.8 Å². The average Bonchev–Trinajstić information content (AvgIpc) is 3.51. The van der Waals surface area contributed by atoms with Crippen LogP contribution in [0.2, 0.25) is 0 Å². The number of benzene rings is 4. The molecule has 8 rings (SSSR count). The number of carbonyl (C=O) groups excluding carboxylic acids is 5. The first-order valence-electron chi connectivity index (χ1n) is 16.7. The zero-order valence-corrected chi connectivity index (χ0v) is 27.5. The van der Waals surface area contributed by atoms with Crippen LogP contribution in [0.25, 0.3) is 0 Å². The normalized spacial score (nSPS) is 27.1. The number of phenolic OH excluding ortho intramolecular Hbond substituents is 1. The van der Waals surface area contributed by atoms with Gasteiger partial charge in [-0.25, -0.2) is 4.90 Å². The predicted molar refractivity (Wildman–Crippen MR) is 185 cm³/mol. The zero-order chi connectivity index (χ0) is 34.9. The molecule has 0 radical (unpaired) electrons. The molecule has 0 aromatic heterocycles. The molecule has 1 saturated carbocycles. The molecule has 2 aliphatic heterocycles. The van der Waals surface area contributed by atoms with Crippen molar-refractivity contribution in [3.8, 4) is 11.5 Å². The van der Waals surface area contributed by atoms with Gasteiger partial charge in [0.15, 0.2) is 5.78 Å². The van der Waals surface area contributed by atoms with Crippen molar-refractivity contribution in [1.29, 1.82) is 0 Å². The van der Waals surface area contributed by atoms with Crippen LogP contribution in [0.3, 0.4) is 0 Å². The molecule has 50 heavy (non-hydrogen) atoms. The summed E-state index contributed by atoms with van der Waals surface area (Å²) in [6.45, 7) is 1.78. The SMILES string of the molecule is COc1ccc(C2C3=CCC4C(=O)N(c5ccc(C(=O)c6ccccc6)cc5)C(=O)C4C3CC3C(=O)N(c4ccccc4)C(=O)C32C)c(O)c1. The van der Waals surface area contributed by atoms with E-state index in [1.54, 1.807) is 91.9 Å². The number of amides is 4. The highest BCUT2D eigenvalue weighted by molar-refractivity contribution is 6.25. The molecule has 3 fully saturated rings. The molecule has 1 N–H and O–H groups in total. The van der Waals surface area contributed by atoms with E-state index in [2.05, 4.69) is 0 Å². The first-order chi connectivity index (χ1) is 24.1. The number of allylic oxidation sites excluding steroid dienone is 2. The molecule has 0 bridgehead atoms. The fourth-order valence-electron chi connectivity index (χ4n) is 8.85. The first-order valence-corrected chi connectivity index (χ1v) is 16.7. The lowest BCUT2D eigenvalue weighted by molar-refractivity contribution is -0.131. The van der Waals surface area contributed by atoms with Gasteiger partial charge in [-0.2, -0.15) is 0 Å².